The molecule has 1 heterocycles. The Bertz CT molecular complexity index is 718. The maximum Gasteiger partial charge on any atom is 0.280 e. The van der Waals surface area contributed by atoms with Gasteiger partial charge in [-0.25, -0.2) is 0 Å². The number of benzene rings is 2. The molecule has 0 spiro atoms. The molecule has 2 aromatic rings. The van der Waals surface area contributed by atoms with Crippen molar-refractivity contribution in [2.75, 3.05) is 5.43 Å². The van der Waals surface area contributed by atoms with E-state index in [0.29, 0.717) is 16.8 Å². The van der Waals surface area contributed by atoms with Crippen LogP contribution < -0.4 is 10.5 Å². The molecular weight excluding hydrogens is 272 g/mol. The third-order valence-corrected chi connectivity index (χ3v) is 3.16. The fourth-order valence-corrected chi connectivity index (χ4v) is 2.10. The number of hydrogen-bond acceptors (Lipinski definition) is 5. The van der Waals surface area contributed by atoms with Gasteiger partial charge in [-0.05, 0) is 29.8 Å². The van der Waals surface area contributed by atoms with E-state index in [1.165, 1.54) is 24.3 Å². The SMILES string of the molecule is O=C([O-])c1ccc(NN2C(=O)c3ccccc3C2=O)cc1. The monoisotopic (exact) mass is 281 g/mol. The molecule has 6 nitrogen and oxygen atoms in total. The van der Waals surface area contributed by atoms with Crippen molar-refractivity contribution < 1.29 is 19.5 Å². The molecule has 0 atom stereocenters. The molecule has 0 aliphatic carbocycles. The molecule has 1 aliphatic heterocycles. The molecule has 0 saturated carbocycles. The van der Waals surface area contributed by atoms with Gasteiger partial charge in [-0.2, -0.15) is 5.01 Å². The molecule has 0 radical (unpaired) electrons. The zero-order valence-corrected chi connectivity index (χ0v) is 10.7. The minimum Gasteiger partial charge on any atom is -0.545 e. The highest BCUT2D eigenvalue weighted by atomic mass is 16.4. The van der Waals surface area contributed by atoms with Crippen molar-refractivity contribution in [3.63, 3.8) is 0 Å². The van der Waals surface area contributed by atoms with E-state index in [9.17, 15) is 19.5 Å². The number of nitrogens with one attached hydrogen (secondary N) is 1. The van der Waals surface area contributed by atoms with Gasteiger partial charge in [0.15, 0.2) is 0 Å². The molecule has 0 unspecified atom stereocenters. The summed E-state index contributed by atoms with van der Waals surface area (Å²) in [6.07, 6.45) is 0. The third kappa shape index (κ3) is 2.12. The molecule has 0 fully saturated rings. The lowest BCUT2D eigenvalue weighted by molar-refractivity contribution is -0.255. The highest BCUT2D eigenvalue weighted by Crippen LogP contribution is 2.23. The molecule has 1 aliphatic rings. The standard InChI is InChI=1S/C15H10N2O4/c18-13-11-3-1-2-4-12(11)14(19)17(13)16-10-7-5-9(6-8-10)15(20)21/h1-8,16H,(H,20,21)/p-1. The van der Waals surface area contributed by atoms with Crippen molar-refractivity contribution in [2.45, 2.75) is 0 Å². The summed E-state index contributed by atoms with van der Waals surface area (Å²) in [5, 5.41) is 11.6. The zero-order chi connectivity index (χ0) is 15.0. The minimum atomic E-state index is -1.29. The van der Waals surface area contributed by atoms with E-state index in [0.717, 1.165) is 5.01 Å². The van der Waals surface area contributed by atoms with Gasteiger partial charge >= 0.3 is 0 Å². The van der Waals surface area contributed by atoms with Crippen LogP contribution in [0.25, 0.3) is 0 Å². The number of rotatable bonds is 3. The minimum absolute atomic E-state index is 0.0166. The van der Waals surface area contributed by atoms with Crippen molar-refractivity contribution in [1.29, 1.82) is 0 Å². The van der Waals surface area contributed by atoms with Crippen molar-refractivity contribution in [3.05, 3.63) is 65.2 Å². The van der Waals surface area contributed by atoms with Crippen molar-refractivity contribution in [3.8, 4) is 0 Å². The summed E-state index contributed by atoms with van der Waals surface area (Å²) in [4.78, 5) is 34.9. The Morgan fingerprint density at radius 2 is 1.43 bits per heavy atom. The molecular formula is C15H9N2O4-. The van der Waals surface area contributed by atoms with Crippen molar-refractivity contribution in [1.82, 2.24) is 5.01 Å². The highest BCUT2D eigenvalue weighted by molar-refractivity contribution is 6.21. The first-order chi connectivity index (χ1) is 10.1. The van der Waals surface area contributed by atoms with Crippen LogP contribution in [0.5, 0.6) is 0 Å². The Kier molecular flexibility index (Phi) is 2.91. The van der Waals surface area contributed by atoms with Gasteiger partial charge in [-0.15, -0.1) is 0 Å². The van der Waals surface area contributed by atoms with Crippen LogP contribution in [0.2, 0.25) is 0 Å². The van der Waals surface area contributed by atoms with Crippen LogP contribution in [-0.4, -0.2) is 22.8 Å². The quantitative estimate of drug-likeness (QED) is 0.835. The molecule has 21 heavy (non-hydrogen) atoms. The Morgan fingerprint density at radius 3 is 1.90 bits per heavy atom. The van der Waals surface area contributed by atoms with Gasteiger partial charge in [0.1, 0.15) is 0 Å². The number of hydrogen-bond donors (Lipinski definition) is 1. The van der Waals surface area contributed by atoms with Gasteiger partial charge < -0.3 is 9.90 Å². The number of fused-ring (bicyclic) bond motifs is 1. The molecule has 0 saturated heterocycles. The van der Waals surface area contributed by atoms with Crippen molar-refractivity contribution >= 4 is 23.5 Å². The average molecular weight is 281 g/mol. The van der Waals surface area contributed by atoms with E-state index < -0.39 is 17.8 Å². The van der Waals surface area contributed by atoms with E-state index in [-0.39, 0.29) is 5.56 Å². The Morgan fingerprint density at radius 1 is 0.905 bits per heavy atom. The molecule has 6 heteroatoms. The smallest absolute Gasteiger partial charge is 0.280 e. The number of anilines is 1. The predicted octanol–water partition coefficient (Wildman–Crippen LogP) is 0.673. The predicted molar refractivity (Wildman–Crippen MR) is 71.3 cm³/mol. The number of hydrazine groups is 1. The van der Waals surface area contributed by atoms with Crippen LogP contribution in [0.1, 0.15) is 31.1 Å². The molecule has 0 aromatic heterocycles. The van der Waals surface area contributed by atoms with Gasteiger partial charge in [0.05, 0.1) is 22.8 Å². The first kappa shape index (κ1) is 12.9. The first-order valence-electron chi connectivity index (χ1n) is 6.14. The zero-order valence-electron chi connectivity index (χ0n) is 10.7. The molecule has 3 rings (SSSR count). The van der Waals surface area contributed by atoms with Gasteiger partial charge in [0.25, 0.3) is 11.8 Å². The summed E-state index contributed by atoms with van der Waals surface area (Å²) in [7, 11) is 0. The molecule has 2 amide bonds. The van der Waals surface area contributed by atoms with Crippen LogP contribution in [-0.2, 0) is 0 Å². The summed E-state index contributed by atoms with van der Waals surface area (Å²) >= 11 is 0. The van der Waals surface area contributed by atoms with Crippen LogP contribution in [0.4, 0.5) is 5.69 Å². The maximum atomic E-state index is 12.1. The van der Waals surface area contributed by atoms with Crippen LogP contribution in [0.3, 0.4) is 0 Å². The lowest BCUT2D eigenvalue weighted by Gasteiger charge is -2.16. The lowest BCUT2D eigenvalue weighted by Crippen LogP contribution is -2.35. The number of nitrogens with zero attached hydrogens (tertiary/aromatic N) is 1. The van der Waals surface area contributed by atoms with Crippen LogP contribution in [0.15, 0.2) is 48.5 Å². The highest BCUT2D eigenvalue weighted by Gasteiger charge is 2.35. The second kappa shape index (κ2) is 4.75. The molecule has 104 valence electrons. The second-order valence-electron chi connectivity index (χ2n) is 4.47. The summed E-state index contributed by atoms with van der Waals surface area (Å²) in [5.74, 6) is -2.18. The van der Waals surface area contributed by atoms with Gasteiger partial charge in [0.2, 0.25) is 0 Å². The van der Waals surface area contributed by atoms with E-state index in [4.69, 9.17) is 0 Å². The van der Waals surface area contributed by atoms with Crippen LogP contribution >= 0.6 is 0 Å². The van der Waals surface area contributed by atoms with E-state index in [1.54, 1.807) is 24.3 Å². The Hall–Kier alpha value is -3.15. The van der Waals surface area contributed by atoms with Gasteiger partial charge in [-0.3, -0.25) is 15.0 Å². The average Bonchev–Trinajstić information content (AvgIpc) is 2.73. The van der Waals surface area contributed by atoms with E-state index in [1.807, 2.05) is 0 Å². The molecule has 2 aromatic carbocycles. The summed E-state index contributed by atoms with van der Waals surface area (Å²) < 4.78 is 0. The summed E-state index contributed by atoms with van der Waals surface area (Å²) in [6, 6.07) is 12.1. The molecule has 0 bridgehead atoms. The van der Waals surface area contributed by atoms with Gasteiger partial charge in [0, 0.05) is 0 Å². The second-order valence-corrected chi connectivity index (χ2v) is 4.47. The number of imide groups is 1. The number of carbonyl (C=O) groups excluding carboxylic acids is 3. The molecule has 1 N–H and O–H groups in total. The number of amides is 2. The first-order valence-corrected chi connectivity index (χ1v) is 6.14. The fraction of sp³-hybridized carbons (Fsp3) is 0. The summed E-state index contributed by atoms with van der Waals surface area (Å²) in [5.41, 5.74) is 3.79. The number of carbonyl (C=O) groups is 3. The summed E-state index contributed by atoms with van der Waals surface area (Å²) in [6.45, 7) is 0. The topological polar surface area (TPSA) is 89.5 Å². The van der Waals surface area contributed by atoms with E-state index in [2.05, 4.69) is 5.43 Å². The Balaban J connectivity index is 1.85. The van der Waals surface area contributed by atoms with Gasteiger partial charge in [-0.1, -0.05) is 24.3 Å². The normalized spacial score (nSPS) is 13.2. The fourth-order valence-electron chi connectivity index (χ4n) is 2.10. The number of carboxylic acids is 1. The number of carboxylic acid groups (broad SMARTS) is 1. The number of aromatic carboxylic acids is 1. The third-order valence-electron chi connectivity index (χ3n) is 3.16. The van der Waals surface area contributed by atoms with E-state index >= 15 is 0 Å². The van der Waals surface area contributed by atoms with Crippen molar-refractivity contribution in [2.24, 2.45) is 0 Å². The lowest BCUT2D eigenvalue weighted by atomic mass is 10.1. The van der Waals surface area contributed by atoms with Crippen LogP contribution in [0, 0.1) is 0 Å². The largest absolute Gasteiger partial charge is 0.545 e. The maximum absolute atomic E-state index is 12.1. The Labute approximate surface area is 119 Å².